The molecule has 0 saturated heterocycles. The van der Waals surface area contributed by atoms with E-state index in [0.29, 0.717) is 13.2 Å². The van der Waals surface area contributed by atoms with E-state index < -0.39 is 29.7 Å². The molecule has 0 aromatic carbocycles. The summed E-state index contributed by atoms with van der Waals surface area (Å²) in [5, 5.41) is 0. The molecule has 1 unspecified atom stereocenters. The van der Waals surface area contributed by atoms with Gasteiger partial charge in [0.25, 0.3) is 0 Å². The Morgan fingerprint density at radius 2 is 1.84 bits per heavy atom. The first-order chi connectivity index (χ1) is 8.65. The van der Waals surface area contributed by atoms with Crippen LogP contribution >= 0.6 is 8.03 Å². The summed E-state index contributed by atoms with van der Waals surface area (Å²) in [6.07, 6.45) is 0.963. The zero-order valence-electron chi connectivity index (χ0n) is 12.3. The van der Waals surface area contributed by atoms with Gasteiger partial charge in [-0.3, -0.25) is 0 Å². The topological polar surface area (TPSA) is 82.0 Å². The Hall–Kier alpha value is -0.650. The van der Waals surface area contributed by atoms with Gasteiger partial charge in [-0.25, -0.2) is 9.00 Å². The minimum atomic E-state index is -1.39. The second kappa shape index (κ2) is 11.2. The van der Waals surface area contributed by atoms with Gasteiger partial charge in [0.05, 0.1) is 18.0 Å². The van der Waals surface area contributed by atoms with Gasteiger partial charge in [0.2, 0.25) is 0 Å². The van der Waals surface area contributed by atoms with E-state index in [-0.39, 0.29) is 0 Å². The molecule has 0 fully saturated rings. The van der Waals surface area contributed by atoms with Crippen molar-refractivity contribution in [2.75, 3.05) is 19.9 Å². The number of rotatable bonds is 5. The van der Waals surface area contributed by atoms with Crippen LogP contribution in [0.25, 0.3) is 0 Å². The third-order valence-electron chi connectivity index (χ3n) is 1.38. The van der Waals surface area contributed by atoms with Crippen molar-refractivity contribution in [2.24, 2.45) is 4.40 Å². The number of esters is 1. The van der Waals surface area contributed by atoms with E-state index >= 15 is 0 Å². The summed E-state index contributed by atoms with van der Waals surface area (Å²) < 4.78 is 33.5. The maximum Gasteiger partial charge on any atom is 0.504 e. The molecule has 0 aromatic rings. The van der Waals surface area contributed by atoms with E-state index in [4.69, 9.17) is 0 Å². The van der Waals surface area contributed by atoms with Gasteiger partial charge < -0.3 is 4.74 Å². The zero-order chi connectivity index (χ0) is 15.5. The van der Waals surface area contributed by atoms with E-state index in [0.717, 1.165) is 6.21 Å². The first-order valence-electron chi connectivity index (χ1n) is 5.81. The van der Waals surface area contributed by atoms with Gasteiger partial charge in [-0.1, -0.05) is 0 Å². The Labute approximate surface area is 118 Å². The minimum Gasteiger partial charge on any atom is -0.462 e. The SMILES string of the molecule is CCOC(=O)C=N[S@](=O)C(C)(C)C.CCO[P+](C)=O. The normalized spacial score (nSPS) is 13.5. The summed E-state index contributed by atoms with van der Waals surface area (Å²) in [4.78, 5) is 10.8. The van der Waals surface area contributed by atoms with Gasteiger partial charge in [0, 0.05) is 0 Å². The van der Waals surface area contributed by atoms with Crippen molar-refractivity contribution in [3.8, 4) is 0 Å². The number of carbonyl (C=O) groups is 1. The average Bonchev–Trinajstić information content (AvgIpc) is 2.25. The summed E-state index contributed by atoms with van der Waals surface area (Å²) >= 11 is 0. The van der Waals surface area contributed by atoms with Crippen molar-refractivity contribution in [1.82, 2.24) is 0 Å². The third kappa shape index (κ3) is 15.3. The van der Waals surface area contributed by atoms with E-state index in [9.17, 15) is 13.6 Å². The zero-order valence-corrected chi connectivity index (χ0v) is 14.0. The van der Waals surface area contributed by atoms with Crippen LogP contribution in [0.5, 0.6) is 0 Å². The maximum atomic E-state index is 11.3. The summed E-state index contributed by atoms with van der Waals surface area (Å²) in [5.74, 6) is -0.555. The molecule has 0 saturated carbocycles. The number of carbonyl (C=O) groups excluding carboxylic acids is 1. The van der Waals surface area contributed by atoms with E-state index in [1.807, 2.05) is 6.92 Å². The number of nitrogens with zero attached hydrogens (tertiary/aromatic N) is 1. The van der Waals surface area contributed by atoms with Crippen LogP contribution in [0.1, 0.15) is 34.6 Å². The van der Waals surface area contributed by atoms with Gasteiger partial charge in [-0.15, -0.1) is 4.52 Å². The van der Waals surface area contributed by atoms with Crippen LogP contribution in [0.2, 0.25) is 0 Å². The lowest BCUT2D eigenvalue weighted by atomic mass is 10.3. The molecule has 19 heavy (non-hydrogen) atoms. The average molecular weight is 312 g/mol. The molecular formula is C11H23NO5PS+. The standard InChI is InChI=1S/C8H15NO3S.C3H8O2P/c1-5-12-7(10)6-9-13(11)8(2,3)4;1-3-5-6(2)4/h6H,5H2,1-4H3;3H2,1-2H3/q;+1/t13-;/m1./s1. The van der Waals surface area contributed by atoms with Crippen LogP contribution in [-0.4, -0.2) is 41.0 Å². The monoisotopic (exact) mass is 312 g/mol. The molecule has 8 heteroatoms. The highest BCUT2D eigenvalue weighted by Crippen LogP contribution is 2.13. The first-order valence-corrected chi connectivity index (χ1v) is 8.54. The molecule has 2 atom stereocenters. The molecule has 0 rings (SSSR count). The fourth-order valence-corrected chi connectivity index (χ4v) is 1.47. The van der Waals surface area contributed by atoms with E-state index in [2.05, 4.69) is 13.7 Å². The molecule has 0 radical (unpaired) electrons. The molecule has 0 spiro atoms. The molecule has 0 aliphatic carbocycles. The predicted molar refractivity (Wildman–Crippen MR) is 78.2 cm³/mol. The highest BCUT2D eigenvalue weighted by molar-refractivity contribution is 7.85. The smallest absolute Gasteiger partial charge is 0.462 e. The lowest BCUT2D eigenvalue weighted by Crippen LogP contribution is -2.20. The molecule has 0 aliphatic rings. The molecule has 0 N–H and O–H groups in total. The fourth-order valence-electron chi connectivity index (χ4n) is 0.610. The quantitative estimate of drug-likeness (QED) is 0.442. The number of hydrogen-bond acceptors (Lipinski definition) is 5. The number of ether oxygens (including phenoxy) is 1. The molecule has 0 heterocycles. The van der Waals surface area contributed by atoms with E-state index in [1.54, 1.807) is 34.4 Å². The Kier molecular flexibility index (Phi) is 12.2. The van der Waals surface area contributed by atoms with Crippen molar-refractivity contribution in [3.63, 3.8) is 0 Å². The molecule has 0 aromatic heterocycles. The Balaban J connectivity index is 0. The highest BCUT2D eigenvalue weighted by Gasteiger charge is 2.18. The summed E-state index contributed by atoms with van der Waals surface area (Å²) in [7, 11) is -2.74. The molecule has 6 nitrogen and oxygen atoms in total. The molecule has 0 bridgehead atoms. The number of hydrogen-bond donors (Lipinski definition) is 0. The van der Waals surface area contributed by atoms with Gasteiger partial charge in [0.15, 0.2) is 6.66 Å². The predicted octanol–water partition coefficient (Wildman–Crippen LogP) is 2.48. The molecule has 0 amide bonds. The second-order valence-electron chi connectivity index (χ2n) is 4.21. The van der Waals surface area contributed by atoms with Crippen molar-refractivity contribution < 1.29 is 22.8 Å². The van der Waals surface area contributed by atoms with E-state index in [1.165, 1.54) is 0 Å². The Bertz CT molecular complexity index is 338. The van der Waals surface area contributed by atoms with Gasteiger partial charge in [0.1, 0.15) is 17.2 Å². The van der Waals surface area contributed by atoms with Crippen LogP contribution < -0.4 is 0 Å². The van der Waals surface area contributed by atoms with Gasteiger partial charge in [-0.2, -0.15) is 4.40 Å². The second-order valence-corrected chi connectivity index (χ2v) is 7.28. The fraction of sp³-hybridized carbons (Fsp3) is 0.818. The van der Waals surface area contributed by atoms with Crippen LogP contribution in [0.3, 0.4) is 0 Å². The largest absolute Gasteiger partial charge is 0.504 e. The lowest BCUT2D eigenvalue weighted by molar-refractivity contribution is -0.134. The minimum absolute atomic E-state index is 0.299. The van der Waals surface area contributed by atoms with Crippen molar-refractivity contribution in [3.05, 3.63) is 0 Å². The van der Waals surface area contributed by atoms with Crippen LogP contribution in [0, 0.1) is 0 Å². The van der Waals surface area contributed by atoms with Crippen LogP contribution in [0.15, 0.2) is 4.40 Å². The Morgan fingerprint density at radius 3 is 2.11 bits per heavy atom. The Morgan fingerprint density at radius 1 is 1.32 bits per heavy atom. The van der Waals surface area contributed by atoms with Crippen molar-refractivity contribution in [2.45, 2.75) is 39.4 Å². The molecule has 0 aliphatic heterocycles. The van der Waals surface area contributed by atoms with Crippen LogP contribution in [0.4, 0.5) is 0 Å². The molecule has 112 valence electrons. The van der Waals surface area contributed by atoms with Crippen molar-refractivity contribution >= 4 is 31.2 Å². The summed E-state index contributed by atoms with van der Waals surface area (Å²) in [6.45, 7) is 11.3. The first kappa shape index (κ1) is 20.7. The van der Waals surface area contributed by atoms with Crippen molar-refractivity contribution in [1.29, 1.82) is 0 Å². The maximum absolute atomic E-state index is 11.3. The van der Waals surface area contributed by atoms with Gasteiger partial charge >= 0.3 is 14.0 Å². The molecular weight excluding hydrogens is 289 g/mol. The summed E-state index contributed by atoms with van der Waals surface area (Å²) in [6, 6.07) is 0. The van der Waals surface area contributed by atoms with Gasteiger partial charge in [-0.05, 0) is 39.2 Å². The van der Waals surface area contributed by atoms with Crippen LogP contribution in [-0.2, 0) is 29.6 Å². The highest BCUT2D eigenvalue weighted by atomic mass is 32.2. The summed E-state index contributed by atoms with van der Waals surface area (Å²) in [5.41, 5.74) is 0. The lowest BCUT2D eigenvalue weighted by Gasteiger charge is -2.12. The third-order valence-corrected chi connectivity index (χ3v) is 3.34.